The third-order valence-corrected chi connectivity index (χ3v) is 3.81. The van der Waals surface area contributed by atoms with E-state index in [9.17, 15) is 0 Å². The average molecular weight is 265 g/mol. The summed E-state index contributed by atoms with van der Waals surface area (Å²) in [7, 11) is 0. The molecule has 1 aromatic heterocycles. The molecule has 2 rings (SSSR count). The van der Waals surface area contributed by atoms with Crippen LogP contribution in [0.3, 0.4) is 0 Å². The van der Waals surface area contributed by atoms with E-state index in [2.05, 4.69) is 41.1 Å². The summed E-state index contributed by atoms with van der Waals surface area (Å²) in [5.74, 6) is 1.78. The zero-order valence-corrected chi connectivity index (χ0v) is 12.5. The van der Waals surface area contributed by atoms with Gasteiger partial charge in [0, 0.05) is 19.1 Å². The van der Waals surface area contributed by atoms with Crippen molar-refractivity contribution in [1.29, 1.82) is 0 Å². The topological polar surface area (TPSA) is 46.0 Å². The van der Waals surface area contributed by atoms with E-state index in [-0.39, 0.29) is 0 Å². The highest BCUT2D eigenvalue weighted by molar-refractivity contribution is 4.87. The van der Waals surface area contributed by atoms with Crippen LogP contribution in [0.25, 0.3) is 0 Å². The number of aromatic nitrogens is 3. The van der Waals surface area contributed by atoms with Crippen molar-refractivity contribution in [2.75, 3.05) is 19.6 Å². The summed E-state index contributed by atoms with van der Waals surface area (Å²) in [6.07, 6.45) is 4.00. The van der Waals surface area contributed by atoms with Crippen LogP contribution in [0.5, 0.6) is 0 Å². The van der Waals surface area contributed by atoms with E-state index in [0.717, 1.165) is 45.0 Å². The number of hydrogen-bond acceptors (Lipinski definition) is 4. The highest BCUT2D eigenvalue weighted by Gasteiger charge is 2.21. The van der Waals surface area contributed by atoms with Gasteiger partial charge >= 0.3 is 0 Å². The van der Waals surface area contributed by atoms with E-state index in [0.29, 0.717) is 12.0 Å². The maximum absolute atomic E-state index is 4.42. The molecule has 5 heteroatoms. The van der Waals surface area contributed by atoms with Gasteiger partial charge in [0.15, 0.2) is 0 Å². The van der Waals surface area contributed by atoms with Gasteiger partial charge in [0.1, 0.15) is 12.2 Å². The van der Waals surface area contributed by atoms with Crippen LogP contribution in [0.1, 0.15) is 39.4 Å². The molecule has 1 unspecified atom stereocenters. The highest BCUT2D eigenvalue weighted by atomic mass is 15.3. The van der Waals surface area contributed by atoms with E-state index in [1.807, 2.05) is 4.68 Å². The van der Waals surface area contributed by atoms with Crippen LogP contribution >= 0.6 is 0 Å². The van der Waals surface area contributed by atoms with Gasteiger partial charge in [-0.15, -0.1) is 0 Å². The fraction of sp³-hybridized carbons (Fsp3) is 0.857. The molecule has 19 heavy (non-hydrogen) atoms. The van der Waals surface area contributed by atoms with Gasteiger partial charge in [0.2, 0.25) is 0 Å². The molecule has 1 aliphatic heterocycles. The Balaban J connectivity index is 1.98. The summed E-state index contributed by atoms with van der Waals surface area (Å²) in [5, 5.41) is 7.96. The molecule has 1 fully saturated rings. The summed E-state index contributed by atoms with van der Waals surface area (Å²) in [6.45, 7) is 12.0. The van der Waals surface area contributed by atoms with Crippen LogP contribution in [-0.4, -0.2) is 45.3 Å². The predicted molar refractivity (Wildman–Crippen MR) is 76.8 cm³/mol. The van der Waals surface area contributed by atoms with E-state index < -0.39 is 0 Å². The molecule has 2 heterocycles. The molecule has 5 nitrogen and oxygen atoms in total. The summed E-state index contributed by atoms with van der Waals surface area (Å²) in [4.78, 5) is 6.93. The van der Waals surface area contributed by atoms with E-state index in [1.165, 1.54) is 6.42 Å². The minimum atomic E-state index is 0.588. The second kappa shape index (κ2) is 7.01. The van der Waals surface area contributed by atoms with Gasteiger partial charge in [-0.3, -0.25) is 4.90 Å². The third kappa shape index (κ3) is 4.01. The lowest BCUT2D eigenvalue weighted by atomic mass is 10.0. The quantitative estimate of drug-likeness (QED) is 0.876. The summed E-state index contributed by atoms with van der Waals surface area (Å²) in [6, 6.07) is 0.588. The molecule has 1 N–H and O–H groups in total. The zero-order chi connectivity index (χ0) is 13.7. The van der Waals surface area contributed by atoms with Crippen LogP contribution in [-0.2, 0) is 13.1 Å². The third-order valence-electron chi connectivity index (χ3n) is 3.81. The Morgan fingerprint density at radius 3 is 3.05 bits per heavy atom. The van der Waals surface area contributed by atoms with Crippen LogP contribution < -0.4 is 5.32 Å². The number of rotatable bonds is 5. The van der Waals surface area contributed by atoms with Crippen molar-refractivity contribution in [3.63, 3.8) is 0 Å². The van der Waals surface area contributed by atoms with Crippen LogP contribution in [0, 0.1) is 5.92 Å². The van der Waals surface area contributed by atoms with Gasteiger partial charge in [0.05, 0.1) is 6.54 Å². The Labute approximate surface area is 116 Å². The lowest BCUT2D eigenvalue weighted by Crippen LogP contribution is -2.41. The number of nitrogens with one attached hydrogen (secondary N) is 1. The van der Waals surface area contributed by atoms with Gasteiger partial charge in [0.25, 0.3) is 0 Å². The molecular weight excluding hydrogens is 238 g/mol. The molecular formula is C14H27N5. The van der Waals surface area contributed by atoms with Crippen LogP contribution in [0.2, 0.25) is 0 Å². The normalized spacial score (nSPS) is 21.8. The molecule has 0 bridgehead atoms. The van der Waals surface area contributed by atoms with Crippen molar-refractivity contribution in [3.8, 4) is 0 Å². The largest absolute Gasteiger partial charge is 0.312 e. The minimum Gasteiger partial charge on any atom is -0.312 e. The number of aryl methyl sites for hydroxylation is 1. The van der Waals surface area contributed by atoms with Crippen molar-refractivity contribution in [3.05, 3.63) is 12.2 Å². The smallest absolute Gasteiger partial charge is 0.141 e. The van der Waals surface area contributed by atoms with Crippen molar-refractivity contribution in [2.45, 2.75) is 52.7 Å². The molecule has 1 aliphatic rings. The standard InChI is InChI=1S/C14H27N5/c1-4-7-19-14(16-11-17-19)10-18-8-5-6-15-13(9-18)12(2)3/h11-13,15H,4-10H2,1-3H3. The van der Waals surface area contributed by atoms with E-state index in [1.54, 1.807) is 6.33 Å². The van der Waals surface area contributed by atoms with E-state index in [4.69, 9.17) is 0 Å². The second-order valence-corrected chi connectivity index (χ2v) is 5.79. The first-order valence-electron chi connectivity index (χ1n) is 7.53. The van der Waals surface area contributed by atoms with Gasteiger partial charge in [-0.1, -0.05) is 20.8 Å². The molecule has 0 aliphatic carbocycles. The Bertz CT molecular complexity index is 374. The first kappa shape index (κ1) is 14.5. The fourth-order valence-corrected chi connectivity index (χ4v) is 2.62. The zero-order valence-electron chi connectivity index (χ0n) is 12.5. The number of hydrogen-bond donors (Lipinski definition) is 1. The average Bonchev–Trinajstić information content (AvgIpc) is 2.67. The fourth-order valence-electron chi connectivity index (χ4n) is 2.62. The lowest BCUT2D eigenvalue weighted by Gasteiger charge is -2.26. The van der Waals surface area contributed by atoms with Gasteiger partial charge in [-0.25, -0.2) is 9.67 Å². The maximum atomic E-state index is 4.42. The van der Waals surface area contributed by atoms with Gasteiger partial charge in [-0.05, 0) is 31.8 Å². The van der Waals surface area contributed by atoms with Gasteiger partial charge < -0.3 is 5.32 Å². The number of nitrogens with zero attached hydrogens (tertiary/aromatic N) is 4. The Morgan fingerprint density at radius 2 is 2.32 bits per heavy atom. The Kier molecular flexibility index (Phi) is 5.34. The van der Waals surface area contributed by atoms with Crippen molar-refractivity contribution >= 4 is 0 Å². The Morgan fingerprint density at radius 1 is 1.47 bits per heavy atom. The molecule has 1 atom stereocenters. The maximum Gasteiger partial charge on any atom is 0.141 e. The van der Waals surface area contributed by atoms with Crippen LogP contribution in [0.4, 0.5) is 0 Å². The highest BCUT2D eigenvalue weighted by Crippen LogP contribution is 2.11. The molecule has 0 aromatic carbocycles. The summed E-state index contributed by atoms with van der Waals surface area (Å²) in [5.41, 5.74) is 0. The molecule has 0 saturated carbocycles. The first-order valence-corrected chi connectivity index (χ1v) is 7.53. The molecule has 1 saturated heterocycles. The molecule has 0 radical (unpaired) electrons. The SMILES string of the molecule is CCCn1ncnc1CN1CCCNC(C(C)C)C1. The molecule has 0 amide bonds. The summed E-state index contributed by atoms with van der Waals surface area (Å²) < 4.78 is 2.04. The molecule has 108 valence electrons. The monoisotopic (exact) mass is 265 g/mol. The van der Waals surface area contributed by atoms with Crippen molar-refractivity contribution in [2.24, 2.45) is 5.92 Å². The van der Waals surface area contributed by atoms with Crippen molar-refractivity contribution < 1.29 is 0 Å². The minimum absolute atomic E-state index is 0.588. The van der Waals surface area contributed by atoms with Crippen molar-refractivity contribution in [1.82, 2.24) is 25.0 Å². The second-order valence-electron chi connectivity index (χ2n) is 5.79. The van der Waals surface area contributed by atoms with E-state index >= 15 is 0 Å². The Hall–Kier alpha value is -0.940. The molecule has 1 aromatic rings. The summed E-state index contributed by atoms with van der Waals surface area (Å²) >= 11 is 0. The van der Waals surface area contributed by atoms with Gasteiger partial charge in [-0.2, -0.15) is 5.10 Å². The lowest BCUT2D eigenvalue weighted by molar-refractivity contribution is 0.229. The first-order chi connectivity index (χ1) is 9.20. The predicted octanol–water partition coefficient (Wildman–Crippen LogP) is 1.51. The molecule has 0 spiro atoms. The van der Waals surface area contributed by atoms with Crippen LogP contribution in [0.15, 0.2) is 6.33 Å².